The van der Waals surface area contributed by atoms with E-state index >= 15 is 0 Å². The molecule has 224 valence electrons. The van der Waals surface area contributed by atoms with Crippen molar-refractivity contribution in [1.29, 1.82) is 0 Å². The van der Waals surface area contributed by atoms with Gasteiger partial charge in [0.1, 0.15) is 11.4 Å². The minimum atomic E-state index is -0.440. The Labute approximate surface area is 269 Å². The molecule has 3 heterocycles. The Bertz CT molecular complexity index is 1880. The van der Waals surface area contributed by atoms with Gasteiger partial charge in [-0.15, -0.1) is 0 Å². The van der Waals surface area contributed by atoms with Gasteiger partial charge in [0.05, 0.1) is 23.1 Å². The summed E-state index contributed by atoms with van der Waals surface area (Å²) in [6, 6.07) is 39.7. The third kappa shape index (κ3) is 6.05. The predicted molar refractivity (Wildman–Crippen MR) is 179 cm³/mol. The van der Waals surface area contributed by atoms with Crippen LogP contribution in [0.3, 0.4) is 0 Å². The monoisotopic (exact) mass is 658 g/mol. The SMILES string of the molecule is Cn1c(Nc2ccc(Br)cc2)nc2cc(OC3C(NC(=O)c4ccccn4)CN3C(c3ccccc3)c3ccccc3)ccc21. The van der Waals surface area contributed by atoms with Crippen LogP contribution in [-0.2, 0) is 7.05 Å². The Kier molecular flexibility index (Phi) is 8.02. The number of ether oxygens (including phenoxy) is 1. The predicted octanol–water partition coefficient (Wildman–Crippen LogP) is 7.08. The average molecular weight is 660 g/mol. The highest BCUT2D eigenvalue weighted by Crippen LogP contribution is 2.37. The van der Waals surface area contributed by atoms with Crippen LogP contribution in [0.25, 0.3) is 11.0 Å². The van der Waals surface area contributed by atoms with Crippen LogP contribution >= 0.6 is 15.9 Å². The average Bonchev–Trinajstić information content (AvgIpc) is 3.39. The highest BCUT2D eigenvalue weighted by molar-refractivity contribution is 9.10. The largest absolute Gasteiger partial charge is 0.473 e. The molecule has 2 unspecified atom stereocenters. The molecular weight excluding hydrogens is 628 g/mol. The summed E-state index contributed by atoms with van der Waals surface area (Å²) in [5, 5.41) is 6.57. The van der Waals surface area contributed by atoms with E-state index in [1.807, 2.05) is 72.3 Å². The molecule has 0 spiro atoms. The molecule has 0 aliphatic carbocycles. The quantitative estimate of drug-likeness (QED) is 0.173. The summed E-state index contributed by atoms with van der Waals surface area (Å²) < 4.78 is 9.78. The number of nitrogens with zero attached hydrogens (tertiary/aromatic N) is 4. The summed E-state index contributed by atoms with van der Waals surface area (Å²) in [6.07, 6.45) is 1.18. The van der Waals surface area contributed by atoms with E-state index in [1.165, 1.54) is 0 Å². The minimum absolute atomic E-state index is 0.0688. The molecule has 7 rings (SSSR count). The van der Waals surface area contributed by atoms with Crippen molar-refractivity contribution in [1.82, 2.24) is 24.8 Å². The van der Waals surface area contributed by atoms with Gasteiger partial charge in [0, 0.05) is 36.0 Å². The lowest BCUT2D eigenvalue weighted by molar-refractivity contribution is -0.101. The van der Waals surface area contributed by atoms with Gasteiger partial charge in [-0.05, 0) is 59.7 Å². The molecule has 0 bridgehead atoms. The fourth-order valence-corrected chi connectivity index (χ4v) is 6.05. The summed E-state index contributed by atoms with van der Waals surface area (Å²) in [6.45, 7) is 0.602. The molecule has 2 aromatic heterocycles. The van der Waals surface area contributed by atoms with Gasteiger partial charge in [-0.3, -0.25) is 14.7 Å². The number of hydrogen-bond acceptors (Lipinski definition) is 6. The molecule has 9 heteroatoms. The zero-order chi connectivity index (χ0) is 30.8. The maximum atomic E-state index is 13.2. The smallest absolute Gasteiger partial charge is 0.270 e. The number of fused-ring (bicyclic) bond motifs is 1. The van der Waals surface area contributed by atoms with Crippen molar-refractivity contribution in [2.45, 2.75) is 18.3 Å². The molecule has 4 aromatic carbocycles. The van der Waals surface area contributed by atoms with E-state index in [-0.39, 0.29) is 18.0 Å². The fraction of sp³-hybridized carbons (Fsp3) is 0.139. The first kappa shape index (κ1) is 28.8. The van der Waals surface area contributed by atoms with Gasteiger partial charge >= 0.3 is 0 Å². The van der Waals surface area contributed by atoms with Crippen LogP contribution in [0.5, 0.6) is 5.75 Å². The number of rotatable bonds is 9. The Hall–Kier alpha value is -4.99. The Morgan fingerprint density at radius 2 is 1.58 bits per heavy atom. The molecular formula is C36H31BrN6O2. The maximum Gasteiger partial charge on any atom is 0.270 e. The van der Waals surface area contributed by atoms with Gasteiger partial charge in [0.2, 0.25) is 5.95 Å². The molecule has 8 nitrogen and oxygen atoms in total. The summed E-state index contributed by atoms with van der Waals surface area (Å²) >= 11 is 3.49. The number of imidazole rings is 1. The lowest BCUT2D eigenvalue weighted by Crippen LogP contribution is -2.69. The second kappa shape index (κ2) is 12.6. The molecule has 1 aliphatic rings. The van der Waals surface area contributed by atoms with Crippen LogP contribution in [-0.4, -0.2) is 44.2 Å². The van der Waals surface area contributed by atoms with Crippen LogP contribution < -0.4 is 15.4 Å². The number of pyridine rings is 1. The van der Waals surface area contributed by atoms with Gasteiger partial charge in [-0.25, -0.2) is 4.98 Å². The first-order chi connectivity index (χ1) is 22.0. The number of nitrogens with one attached hydrogen (secondary N) is 2. The van der Waals surface area contributed by atoms with Gasteiger partial charge in [0.15, 0.2) is 6.23 Å². The van der Waals surface area contributed by atoms with E-state index in [0.717, 1.165) is 38.3 Å². The number of halogens is 1. The summed E-state index contributed by atoms with van der Waals surface area (Å²) in [7, 11) is 1.98. The molecule has 45 heavy (non-hydrogen) atoms. The highest BCUT2D eigenvalue weighted by atomic mass is 79.9. The topological polar surface area (TPSA) is 84.3 Å². The first-order valence-electron chi connectivity index (χ1n) is 14.8. The second-order valence-electron chi connectivity index (χ2n) is 11.0. The van der Waals surface area contributed by atoms with E-state index in [0.29, 0.717) is 18.0 Å². The second-order valence-corrected chi connectivity index (χ2v) is 11.9. The maximum absolute atomic E-state index is 13.2. The summed E-state index contributed by atoms with van der Waals surface area (Å²) in [5.74, 6) is 1.17. The number of carbonyl (C=O) groups is 1. The zero-order valence-electron chi connectivity index (χ0n) is 24.5. The Morgan fingerprint density at radius 1 is 0.889 bits per heavy atom. The number of likely N-dealkylation sites (tertiary alicyclic amines) is 1. The fourth-order valence-electron chi connectivity index (χ4n) is 5.79. The standard InChI is InChI=1S/C36H31BrN6O2/c1-42-32-20-19-28(22-30(32)41-36(42)39-27-17-15-26(37)16-18-27)45-35-31(40-34(44)29-14-8-9-21-38-29)23-43(35)33(24-10-4-2-5-11-24)25-12-6-3-7-13-25/h2-22,31,33,35H,23H2,1H3,(H,39,41)(H,40,44). The highest BCUT2D eigenvalue weighted by Gasteiger charge is 2.46. The lowest BCUT2D eigenvalue weighted by Gasteiger charge is -2.51. The normalized spacial score (nSPS) is 16.3. The molecule has 1 amide bonds. The third-order valence-corrected chi connectivity index (χ3v) is 8.59. The summed E-state index contributed by atoms with van der Waals surface area (Å²) in [5.41, 5.74) is 5.39. The van der Waals surface area contributed by atoms with Crippen molar-refractivity contribution in [2.24, 2.45) is 7.05 Å². The van der Waals surface area contributed by atoms with Crippen LogP contribution in [0.1, 0.15) is 27.7 Å². The Balaban J connectivity index is 1.20. The molecule has 1 fully saturated rings. The van der Waals surface area contributed by atoms with E-state index in [9.17, 15) is 4.79 Å². The van der Waals surface area contributed by atoms with Crippen molar-refractivity contribution in [2.75, 3.05) is 11.9 Å². The number of carbonyl (C=O) groups excluding carboxylic acids is 1. The van der Waals surface area contributed by atoms with Crippen molar-refractivity contribution < 1.29 is 9.53 Å². The number of amides is 1. The molecule has 0 radical (unpaired) electrons. The van der Waals surface area contributed by atoms with Gasteiger partial charge in [-0.1, -0.05) is 82.7 Å². The van der Waals surface area contributed by atoms with E-state index in [1.54, 1.807) is 18.3 Å². The van der Waals surface area contributed by atoms with E-state index < -0.39 is 6.23 Å². The molecule has 1 saturated heterocycles. The Morgan fingerprint density at radius 3 is 2.24 bits per heavy atom. The number of aromatic nitrogens is 3. The number of aryl methyl sites for hydroxylation is 1. The number of anilines is 2. The van der Waals surface area contributed by atoms with Crippen LogP contribution in [0.4, 0.5) is 11.6 Å². The van der Waals surface area contributed by atoms with Crippen molar-refractivity contribution in [3.8, 4) is 5.75 Å². The van der Waals surface area contributed by atoms with Crippen molar-refractivity contribution >= 4 is 44.5 Å². The first-order valence-corrected chi connectivity index (χ1v) is 15.6. The van der Waals surface area contributed by atoms with E-state index in [2.05, 4.69) is 85.0 Å². The van der Waals surface area contributed by atoms with Gasteiger partial charge in [-0.2, -0.15) is 0 Å². The third-order valence-electron chi connectivity index (χ3n) is 8.06. The van der Waals surface area contributed by atoms with E-state index in [4.69, 9.17) is 9.72 Å². The molecule has 1 aliphatic heterocycles. The summed E-state index contributed by atoms with van der Waals surface area (Å²) in [4.78, 5) is 24.6. The molecule has 2 N–H and O–H groups in total. The van der Waals surface area contributed by atoms with Crippen LogP contribution in [0, 0.1) is 0 Å². The minimum Gasteiger partial charge on any atom is -0.473 e. The lowest BCUT2D eigenvalue weighted by atomic mass is 9.91. The van der Waals surface area contributed by atoms with Crippen LogP contribution in [0.2, 0.25) is 0 Å². The number of benzene rings is 4. The van der Waals surface area contributed by atoms with Gasteiger partial charge in [0.25, 0.3) is 5.91 Å². The van der Waals surface area contributed by atoms with Gasteiger partial charge < -0.3 is 19.9 Å². The van der Waals surface area contributed by atoms with Crippen molar-refractivity contribution in [3.05, 3.63) is 149 Å². The zero-order valence-corrected chi connectivity index (χ0v) is 26.1. The molecule has 6 aromatic rings. The number of hydrogen-bond donors (Lipinski definition) is 2. The molecule has 0 saturated carbocycles. The van der Waals surface area contributed by atoms with Crippen LogP contribution in [0.15, 0.2) is 132 Å². The molecule has 2 atom stereocenters. The van der Waals surface area contributed by atoms with Crippen molar-refractivity contribution in [3.63, 3.8) is 0 Å².